The van der Waals surface area contributed by atoms with Crippen LogP contribution in [0.4, 0.5) is 4.39 Å². The maximum Gasteiger partial charge on any atom is 0.446 e. The van der Waals surface area contributed by atoms with Gasteiger partial charge in [-0.15, -0.1) is 0 Å². The molecule has 0 bridgehead atoms. The summed E-state index contributed by atoms with van der Waals surface area (Å²) in [5, 5.41) is 16.1. The van der Waals surface area contributed by atoms with Crippen molar-refractivity contribution < 1.29 is 22.0 Å². The average molecular weight is 398 g/mol. The summed E-state index contributed by atoms with van der Waals surface area (Å²) < 4.78 is 47.9. The van der Waals surface area contributed by atoms with Gasteiger partial charge in [-0.3, -0.25) is 4.52 Å². The van der Waals surface area contributed by atoms with Crippen molar-refractivity contribution in [3.05, 3.63) is 45.8 Å². The fraction of sp³-hybridized carbons (Fsp3) is 0.286. The zero-order chi connectivity index (χ0) is 19.6. The molecule has 0 fully saturated rings. The van der Waals surface area contributed by atoms with Crippen molar-refractivity contribution in [3.8, 4) is 17.2 Å². The topological polar surface area (TPSA) is 159 Å². The van der Waals surface area contributed by atoms with E-state index in [4.69, 9.17) is 14.3 Å². The van der Waals surface area contributed by atoms with Gasteiger partial charge in [-0.25, -0.2) is 28.2 Å². The van der Waals surface area contributed by atoms with Crippen LogP contribution in [0.15, 0.2) is 32.1 Å². The number of rotatable bonds is 7. The Balaban J connectivity index is 1.89. The van der Waals surface area contributed by atoms with Crippen LogP contribution >= 0.6 is 0 Å². The highest BCUT2D eigenvalue weighted by Crippen LogP contribution is 2.22. The van der Waals surface area contributed by atoms with Crippen molar-refractivity contribution in [1.82, 2.24) is 24.8 Å². The number of halogens is 1. The quantitative estimate of drug-likeness (QED) is 0.528. The van der Waals surface area contributed by atoms with E-state index in [-0.39, 0.29) is 24.5 Å². The third-order valence-corrected chi connectivity index (χ3v) is 4.27. The molecule has 0 atom stereocenters. The van der Waals surface area contributed by atoms with Gasteiger partial charge >= 0.3 is 5.76 Å². The number of nitrogens with two attached hydrogens (primary N) is 1. The lowest BCUT2D eigenvalue weighted by Gasteiger charge is -2.05. The standard InChI is InChI=1S/C14H15FN6O5S/c1-8-7-9(4-5-10(8)15)21-13(20-25-14(21)22)12-11(18-26-19-12)3-2-6-17-27(16,23)24/h4-5,7,17H,2-3,6H2,1H3,(H2,16,23,24). The van der Waals surface area contributed by atoms with E-state index in [1.165, 1.54) is 18.2 Å². The number of aryl methyl sites for hydroxylation is 2. The van der Waals surface area contributed by atoms with E-state index in [0.717, 1.165) is 4.57 Å². The van der Waals surface area contributed by atoms with Gasteiger partial charge in [-0.05, 0) is 48.7 Å². The van der Waals surface area contributed by atoms with E-state index in [2.05, 4.69) is 20.2 Å². The van der Waals surface area contributed by atoms with Crippen LogP contribution in [0.5, 0.6) is 0 Å². The summed E-state index contributed by atoms with van der Waals surface area (Å²) in [5.74, 6) is -1.18. The highest BCUT2D eigenvalue weighted by molar-refractivity contribution is 7.87. The van der Waals surface area contributed by atoms with Crippen LogP contribution in [0.1, 0.15) is 17.7 Å². The Morgan fingerprint density at radius 1 is 1.30 bits per heavy atom. The van der Waals surface area contributed by atoms with E-state index in [0.29, 0.717) is 23.4 Å². The molecule has 0 spiro atoms. The predicted octanol–water partition coefficient (Wildman–Crippen LogP) is 0.0487. The number of nitrogens with one attached hydrogen (secondary N) is 1. The first-order valence-electron chi connectivity index (χ1n) is 7.70. The van der Waals surface area contributed by atoms with E-state index in [1.807, 2.05) is 0 Å². The lowest BCUT2D eigenvalue weighted by molar-refractivity contribution is 0.303. The normalized spacial score (nSPS) is 11.8. The molecule has 0 aliphatic heterocycles. The first-order chi connectivity index (χ1) is 12.8. The summed E-state index contributed by atoms with van der Waals surface area (Å²) in [6, 6.07) is 4.07. The van der Waals surface area contributed by atoms with Gasteiger partial charge in [0.05, 0.1) is 5.69 Å². The van der Waals surface area contributed by atoms with Gasteiger partial charge in [-0.2, -0.15) is 8.42 Å². The maximum absolute atomic E-state index is 13.5. The number of hydrogen-bond donors (Lipinski definition) is 2. The third kappa shape index (κ3) is 4.27. The molecule has 0 aliphatic rings. The molecule has 0 unspecified atom stereocenters. The SMILES string of the molecule is Cc1cc(-n2c(-c3nonc3CCCNS(N)(=O)=O)noc2=O)ccc1F. The molecular weight excluding hydrogens is 383 g/mol. The number of hydrogen-bond acceptors (Lipinski definition) is 8. The molecule has 144 valence electrons. The van der Waals surface area contributed by atoms with Crippen molar-refractivity contribution in [3.63, 3.8) is 0 Å². The van der Waals surface area contributed by atoms with Crippen LogP contribution in [0.3, 0.4) is 0 Å². The Hall–Kier alpha value is -2.90. The third-order valence-electron chi connectivity index (χ3n) is 3.67. The zero-order valence-corrected chi connectivity index (χ0v) is 14.9. The summed E-state index contributed by atoms with van der Waals surface area (Å²) in [6.07, 6.45) is 0.611. The van der Waals surface area contributed by atoms with Crippen molar-refractivity contribution in [2.75, 3.05) is 6.54 Å². The average Bonchev–Trinajstić information content (AvgIpc) is 3.19. The van der Waals surface area contributed by atoms with Gasteiger partial charge in [0.15, 0.2) is 5.69 Å². The van der Waals surface area contributed by atoms with Crippen LogP contribution in [-0.2, 0) is 16.6 Å². The second-order valence-corrected chi connectivity index (χ2v) is 7.02. The largest absolute Gasteiger partial charge is 0.446 e. The molecule has 0 saturated carbocycles. The Bertz CT molecular complexity index is 1120. The molecule has 27 heavy (non-hydrogen) atoms. The highest BCUT2D eigenvalue weighted by Gasteiger charge is 2.22. The van der Waals surface area contributed by atoms with Gasteiger partial charge in [0.25, 0.3) is 10.2 Å². The van der Waals surface area contributed by atoms with Gasteiger partial charge in [0.2, 0.25) is 5.82 Å². The molecule has 1 aromatic carbocycles. The lowest BCUT2D eigenvalue weighted by atomic mass is 10.2. The molecule has 3 aromatic rings. The Labute approximate surface area is 152 Å². The minimum absolute atomic E-state index is 0.0293. The highest BCUT2D eigenvalue weighted by atomic mass is 32.2. The smallest absolute Gasteiger partial charge is 0.295 e. The van der Waals surface area contributed by atoms with Gasteiger partial charge < -0.3 is 0 Å². The minimum atomic E-state index is -3.79. The first-order valence-corrected chi connectivity index (χ1v) is 9.25. The molecule has 2 heterocycles. The molecule has 0 radical (unpaired) electrons. The molecule has 0 aliphatic carbocycles. The second-order valence-electron chi connectivity index (χ2n) is 5.64. The van der Waals surface area contributed by atoms with Crippen LogP contribution < -0.4 is 15.6 Å². The number of aromatic nitrogens is 4. The van der Waals surface area contributed by atoms with Gasteiger partial charge in [0.1, 0.15) is 11.5 Å². The van der Waals surface area contributed by atoms with Gasteiger partial charge in [-0.1, -0.05) is 10.3 Å². The molecule has 3 N–H and O–H groups in total. The van der Waals surface area contributed by atoms with Gasteiger partial charge in [0, 0.05) is 6.54 Å². The van der Waals surface area contributed by atoms with Crippen molar-refractivity contribution in [2.45, 2.75) is 19.8 Å². The molecule has 11 nitrogen and oxygen atoms in total. The molecule has 0 amide bonds. The summed E-state index contributed by atoms with van der Waals surface area (Å²) in [4.78, 5) is 12.1. The number of nitrogens with zero attached hydrogens (tertiary/aromatic N) is 4. The van der Waals surface area contributed by atoms with Crippen molar-refractivity contribution in [2.24, 2.45) is 5.14 Å². The molecular formula is C14H15FN6O5S. The molecule has 3 rings (SSSR count). The lowest BCUT2D eigenvalue weighted by Crippen LogP contribution is -2.31. The summed E-state index contributed by atoms with van der Waals surface area (Å²) in [5.41, 5.74) is 1.16. The van der Waals surface area contributed by atoms with E-state index in [9.17, 15) is 17.6 Å². The minimum Gasteiger partial charge on any atom is -0.295 e. The van der Waals surface area contributed by atoms with Crippen LogP contribution in [0.2, 0.25) is 0 Å². The predicted molar refractivity (Wildman–Crippen MR) is 89.5 cm³/mol. The van der Waals surface area contributed by atoms with Crippen molar-refractivity contribution >= 4 is 10.2 Å². The van der Waals surface area contributed by atoms with Crippen molar-refractivity contribution in [1.29, 1.82) is 0 Å². The fourth-order valence-electron chi connectivity index (χ4n) is 2.41. The second kappa shape index (κ2) is 7.38. The van der Waals surface area contributed by atoms with Crippen LogP contribution in [0, 0.1) is 12.7 Å². The Morgan fingerprint density at radius 2 is 2.07 bits per heavy atom. The Morgan fingerprint density at radius 3 is 2.78 bits per heavy atom. The summed E-state index contributed by atoms with van der Waals surface area (Å²) in [6.45, 7) is 1.63. The molecule has 13 heteroatoms. The van der Waals surface area contributed by atoms with Crippen LogP contribution in [-0.4, -0.2) is 35.0 Å². The zero-order valence-electron chi connectivity index (χ0n) is 14.0. The molecule has 2 aromatic heterocycles. The van der Waals surface area contributed by atoms with E-state index in [1.54, 1.807) is 6.92 Å². The molecule has 0 saturated heterocycles. The number of benzene rings is 1. The monoisotopic (exact) mass is 398 g/mol. The summed E-state index contributed by atoms with van der Waals surface area (Å²) >= 11 is 0. The summed E-state index contributed by atoms with van der Waals surface area (Å²) in [7, 11) is -3.79. The maximum atomic E-state index is 13.5. The van der Waals surface area contributed by atoms with E-state index < -0.39 is 21.8 Å². The fourth-order valence-corrected chi connectivity index (χ4v) is 2.83. The Kier molecular flexibility index (Phi) is 5.16. The van der Waals surface area contributed by atoms with Crippen LogP contribution in [0.25, 0.3) is 17.2 Å². The van der Waals surface area contributed by atoms with E-state index >= 15 is 0 Å². The first kappa shape index (κ1) is 18.9.